The number of unbranched alkanes of at least 4 members (excludes halogenated alkanes) is 2. The Kier molecular flexibility index (Phi) is 8.51. The first kappa shape index (κ1) is 19.0. The molecule has 3 nitrogen and oxygen atoms in total. The lowest BCUT2D eigenvalue weighted by molar-refractivity contribution is 0.0835. The van der Waals surface area contributed by atoms with Crippen molar-refractivity contribution in [1.29, 1.82) is 0 Å². The summed E-state index contributed by atoms with van der Waals surface area (Å²) in [7, 11) is 1.65. The fourth-order valence-corrected chi connectivity index (χ4v) is 3.07. The molecular formula is C18H28ClNO2. The normalized spacial score (nSPS) is 16.1. The van der Waals surface area contributed by atoms with Crippen LogP contribution in [0.4, 0.5) is 0 Å². The van der Waals surface area contributed by atoms with E-state index in [4.69, 9.17) is 4.74 Å². The Morgan fingerprint density at radius 3 is 2.36 bits per heavy atom. The Hall–Kier alpha value is -1.06. The first-order valence-corrected chi connectivity index (χ1v) is 8.18. The van der Waals surface area contributed by atoms with Gasteiger partial charge in [0, 0.05) is 5.56 Å². The Morgan fingerprint density at radius 1 is 1.18 bits per heavy atom. The SMILES string of the molecule is CCCCCC(C(=O)c1ccc(OC)cc1)N1CCCC1.Cl. The number of Topliss-reactive ketones (excluding diaryl/α,β-unsaturated/α-hetero) is 1. The molecule has 1 fully saturated rings. The van der Waals surface area contributed by atoms with Crippen LogP contribution in [0.3, 0.4) is 0 Å². The van der Waals surface area contributed by atoms with Crippen LogP contribution in [0.15, 0.2) is 24.3 Å². The van der Waals surface area contributed by atoms with Crippen LogP contribution in [0.25, 0.3) is 0 Å². The number of hydrogen-bond acceptors (Lipinski definition) is 3. The molecule has 0 aliphatic carbocycles. The van der Waals surface area contributed by atoms with E-state index < -0.39 is 0 Å². The number of benzene rings is 1. The summed E-state index contributed by atoms with van der Waals surface area (Å²) < 4.78 is 5.17. The number of halogens is 1. The number of hydrogen-bond donors (Lipinski definition) is 0. The van der Waals surface area contributed by atoms with E-state index in [1.807, 2.05) is 24.3 Å². The lowest BCUT2D eigenvalue weighted by Gasteiger charge is -2.26. The number of ether oxygens (including phenoxy) is 1. The summed E-state index contributed by atoms with van der Waals surface area (Å²) in [5, 5.41) is 0. The molecule has 1 unspecified atom stereocenters. The zero-order valence-corrected chi connectivity index (χ0v) is 14.5. The maximum absolute atomic E-state index is 12.8. The van der Waals surface area contributed by atoms with Gasteiger partial charge in [-0.15, -0.1) is 12.4 Å². The van der Waals surface area contributed by atoms with Gasteiger partial charge in [0.2, 0.25) is 0 Å². The summed E-state index contributed by atoms with van der Waals surface area (Å²) in [4.78, 5) is 15.2. The molecule has 1 aliphatic heterocycles. The molecule has 22 heavy (non-hydrogen) atoms. The van der Waals surface area contributed by atoms with Crippen LogP contribution >= 0.6 is 12.4 Å². The molecule has 2 rings (SSSR count). The van der Waals surface area contributed by atoms with Crippen molar-refractivity contribution in [2.24, 2.45) is 0 Å². The number of carbonyl (C=O) groups excluding carboxylic acids is 1. The van der Waals surface area contributed by atoms with E-state index in [2.05, 4.69) is 11.8 Å². The molecule has 0 spiro atoms. The van der Waals surface area contributed by atoms with Gasteiger partial charge in [0.25, 0.3) is 0 Å². The summed E-state index contributed by atoms with van der Waals surface area (Å²) in [6, 6.07) is 7.60. The molecule has 1 aromatic rings. The second-order valence-corrected chi connectivity index (χ2v) is 5.85. The maximum atomic E-state index is 12.8. The van der Waals surface area contributed by atoms with Gasteiger partial charge in [-0.3, -0.25) is 9.69 Å². The van der Waals surface area contributed by atoms with Crippen molar-refractivity contribution in [3.63, 3.8) is 0 Å². The topological polar surface area (TPSA) is 29.5 Å². The third-order valence-corrected chi connectivity index (χ3v) is 4.34. The highest BCUT2D eigenvalue weighted by atomic mass is 35.5. The van der Waals surface area contributed by atoms with Gasteiger partial charge in [-0.2, -0.15) is 0 Å². The van der Waals surface area contributed by atoms with Crippen molar-refractivity contribution in [3.05, 3.63) is 29.8 Å². The molecule has 0 N–H and O–H groups in total. The van der Waals surface area contributed by atoms with Crippen LogP contribution < -0.4 is 4.74 Å². The molecular weight excluding hydrogens is 298 g/mol. The van der Waals surface area contributed by atoms with Gasteiger partial charge in [-0.1, -0.05) is 26.2 Å². The highest BCUT2D eigenvalue weighted by Crippen LogP contribution is 2.21. The lowest BCUT2D eigenvalue weighted by Crippen LogP contribution is -2.39. The molecule has 1 saturated heterocycles. The van der Waals surface area contributed by atoms with E-state index in [1.165, 1.54) is 25.7 Å². The predicted molar refractivity (Wildman–Crippen MR) is 93.3 cm³/mol. The van der Waals surface area contributed by atoms with Gasteiger partial charge in [0.1, 0.15) is 5.75 Å². The van der Waals surface area contributed by atoms with Crippen molar-refractivity contribution >= 4 is 18.2 Å². The zero-order valence-electron chi connectivity index (χ0n) is 13.7. The van der Waals surface area contributed by atoms with Crippen LogP contribution in [0.2, 0.25) is 0 Å². The van der Waals surface area contributed by atoms with Crippen LogP contribution in [0.5, 0.6) is 5.75 Å². The average molecular weight is 326 g/mol. The molecule has 1 atom stereocenters. The van der Waals surface area contributed by atoms with E-state index in [9.17, 15) is 4.79 Å². The monoisotopic (exact) mass is 325 g/mol. The highest BCUT2D eigenvalue weighted by Gasteiger charge is 2.28. The Morgan fingerprint density at radius 2 is 1.82 bits per heavy atom. The minimum Gasteiger partial charge on any atom is -0.497 e. The lowest BCUT2D eigenvalue weighted by atomic mass is 9.97. The summed E-state index contributed by atoms with van der Waals surface area (Å²) >= 11 is 0. The summed E-state index contributed by atoms with van der Waals surface area (Å²) in [6.45, 7) is 4.34. The van der Waals surface area contributed by atoms with Crippen molar-refractivity contribution in [2.75, 3.05) is 20.2 Å². The largest absolute Gasteiger partial charge is 0.497 e. The fourth-order valence-electron chi connectivity index (χ4n) is 3.07. The first-order chi connectivity index (χ1) is 10.3. The van der Waals surface area contributed by atoms with Crippen molar-refractivity contribution in [3.8, 4) is 5.75 Å². The number of nitrogens with zero attached hydrogens (tertiary/aromatic N) is 1. The second kappa shape index (κ2) is 9.86. The Balaban J connectivity index is 0.00000242. The number of carbonyl (C=O) groups is 1. The molecule has 1 aromatic carbocycles. The molecule has 1 aliphatic rings. The number of ketones is 1. The van der Waals surface area contributed by atoms with E-state index in [0.717, 1.165) is 37.2 Å². The summed E-state index contributed by atoms with van der Waals surface area (Å²) in [6.07, 6.45) is 6.97. The van der Waals surface area contributed by atoms with Crippen molar-refractivity contribution in [2.45, 2.75) is 51.5 Å². The fraction of sp³-hybridized carbons (Fsp3) is 0.611. The van der Waals surface area contributed by atoms with E-state index in [-0.39, 0.29) is 24.2 Å². The number of rotatable bonds is 8. The van der Waals surface area contributed by atoms with Gasteiger partial charge in [-0.05, 0) is 56.6 Å². The smallest absolute Gasteiger partial charge is 0.179 e. The van der Waals surface area contributed by atoms with Crippen LogP contribution in [-0.4, -0.2) is 36.9 Å². The molecule has 4 heteroatoms. The second-order valence-electron chi connectivity index (χ2n) is 5.85. The molecule has 0 saturated carbocycles. The van der Waals surface area contributed by atoms with Crippen molar-refractivity contribution in [1.82, 2.24) is 4.90 Å². The highest BCUT2D eigenvalue weighted by molar-refractivity contribution is 6.00. The van der Waals surface area contributed by atoms with Crippen LogP contribution in [0, 0.1) is 0 Å². The van der Waals surface area contributed by atoms with Crippen LogP contribution in [-0.2, 0) is 0 Å². The third-order valence-electron chi connectivity index (χ3n) is 4.34. The Labute approximate surface area is 140 Å². The molecule has 0 radical (unpaired) electrons. The minimum atomic E-state index is 0. The minimum absolute atomic E-state index is 0. The van der Waals surface area contributed by atoms with E-state index >= 15 is 0 Å². The molecule has 124 valence electrons. The predicted octanol–water partition coefficient (Wildman–Crippen LogP) is 4.34. The average Bonchev–Trinajstić information content (AvgIpc) is 3.05. The first-order valence-electron chi connectivity index (χ1n) is 8.18. The summed E-state index contributed by atoms with van der Waals surface area (Å²) in [5.41, 5.74) is 0.809. The van der Waals surface area contributed by atoms with Gasteiger partial charge in [0.05, 0.1) is 13.2 Å². The van der Waals surface area contributed by atoms with Crippen molar-refractivity contribution < 1.29 is 9.53 Å². The maximum Gasteiger partial charge on any atom is 0.179 e. The molecule has 0 aromatic heterocycles. The van der Waals surface area contributed by atoms with Gasteiger partial charge < -0.3 is 4.74 Å². The number of likely N-dealkylation sites (tertiary alicyclic amines) is 1. The van der Waals surface area contributed by atoms with Gasteiger partial charge >= 0.3 is 0 Å². The van der Waals surface area contributed by atoms with E-state index in [0.29, 0.717) is 0 Å². The van der Waals surface area contributed by atoms with E-state index in [1.54, 1.807) is 7.11 Å². The van der Waals surface area contributed by atoms with Gasteiger partial charge in [-0.25, -0.2) is 0 Å². The molecule has 0 amide bonds. The molecule has 1 heterocycles. The quantitative estimate of drug-likeness (QED) is 0.526. The Bertz CT molecular complexity index is 441. The zero-order chi connectivity index (χ0) is 15.1. The standard InChI is InChI=1S/C18H27NO2.ClH/c1-3-4-5-8-17(19-13-6-7-14-19)18(20)15-9-11-16(21-2)12-10-15;/h9-12,17H,3-8,13-14H2,1-2H3;1H. The van der Waals surface area contributed by atoms with Crippen LogP contribution in [0.1, 0.15) is 55.8 Å². The third kappa shape index (κ3) is 4.99. The summed E-state index contributed by atoms with van der Waals surface area (Å²) in [5.74, 6) is 1.07. The number of methoxy groups -OCH3 is 1. The van der Waals surface area contributed by atoms with Gasteiger partial charge in [0.15, 0.2) is 5.78 Å². The molecule has 0 bridgehead atoms.